The Balaban J connectivity index is 2.22. The summed E-state index contributed by atoms with van der Waals surface area (Å²) in [4.78, 5) is 2.50. The average molecular weight is 257 g/mol. The first-order valence-electron chi connectivity index (χ1n) is 7.72. The van der Waals surface area contributed by atoms with Gasteiger partial charge in [-0.05, 0) is 72.4 Å². The molecule has 19 heavy (non-hydrogen) atoms. The molecule has 0 bridgehead atoms. The maximum Gasteiger partial charge on any atom is 0.0233 e. The van der Waals surface area contributed by atoms with Crippen LogP contribution in [0.3, 0.4) is 0 Å². The van der Waals surface area contributed by atoms with Crippen molar-refractivity contribution in [3.63, 3.8) is 0 Å². The van der Waals surface area contributed by atoms with E-state index in [9.17, 15) is 0 Å². The lowest BCUT2D eigenvalue weighted by atomic mass is 9.72. The molecule has 2 aliphatic rings. The van der Waals surface area contributed by atoms with Crippen LogP contribution in [0.5, 0.6) is 0 Å². The molecule has 0 N–H and O–H groups in total. The van der Waals surface area contributed by atoms with Crippen LogP contribution in [0.4, 0.5) is 0 Å². The minimum absolute atomic E-state index is 0.262. The van der Waals surface area contributed by atoms with Crippen LogP contribution in [0.1, 0.15) is 67.3 Å². The van der Waals surface area contributed by atoms with Gasteiger partial charge in [-0.25, -0.2) is 0 Å². The molecule has 0 amide bonds. The molecule has 0 spiro atoms. The molecular formula is C18H27N. The Labute approximate surface area is 118 Å². The van der Waals surface area contributed by atoms with E-state index >= 15 is 0 Å². The second-order valence-electron chi connectivity index (χ2n) is 7.64. The summed E-state index contributed by atoms with van der Waals surface area (Å²) < 4.78 is 0. The maximum absolute atomic E-state index is 2.52. The van der Waals surface area contributed by atoms with Crippen molar-refractivity contribution in [2.45, 2.75) is 64.8 Å². The summed E-state index contributed by atoms with van der Waals surface area (Å²) in [5.74, 6) is 0.796. The van der Waals surface area contributed by atoms with E-state index in [2.05, 4.69) is 45.7 Å². The highest BCUT2D eigenvalue weighted by atomic mass is 15.1. The largest absolute Gasteiger partial charge is 0.301 e. The number of benzene rings is 1. The molecule has 1 aromatic carbocycles. The van der Waals surface area contributed by atoms with Gasteiger partial charge in [-0.15, -0.1) is 0 Å². The predicted molar refractivity (Wildman–Crippen MR) is 81.9 cm³/mol. The van der Waals surface area contributed by atoms with E-state index in [0.29, 0.717) is 0 Å². The van der Waals surface area contributed by atoms with Crippen molar-refractivity contribution >= 4 is 0 Å². The normalized spacial score (nSPS) is 23.3. The van der Waals surface area contributed by atoms with Crippen LogP contribution in [0.25, 0.3) is 0 Å². The number of likely N-dealkylation sites (N-methyl/N-ethyl adjacent to an activating group) is 1. The molecule has 0 saturated carbocycles. The minimum atomic E-state index is 0.262. The predicted octanol–water partition coefficient (Wildman–Crippen LogP) is 4.16. The van der Waals surface area contributed by atoms with Gasteiger partial charge in [-0.1, -0.05) is 26.8 Å². The summed E-state index contributed by atoms with van der Waals surface area (Å²) in [5, 5.41) is 0. The number of hydrogen-bond acceptors (Lipinski definition) is 1. The van der Waals surface area contributed by atoms with Gasteiger partial charge in [0.05, 0.1) is 0 Å². The molecule has 1 heteroatoms. The Kier molecular flexibility index (Phi) is 3.01. The van der Waals surface area contributed by atoms with Crippen LogP contribution in [0.15, 0.2) is 6.07 Å². The van der Waals surface area contributed by atoms with Crippen molar-refractivity contribution in [1.29, 1.82) is 0 Å². The maximum atomic E-state index is 2.52. The monoisotopic (exact) mass is 257 g/mol. The standard InChI is InChI=1S/C18H27N/c1-12-15-8-6-7-13-10-19(5)11-14(17(13)15)9-16(12)18(2,3)4/h9,13H,6-8,10-11H2,1-5H3. The number of hydrogen-bond donors (Lipinski definition) is 0. The zero-order chi connectivity index (χ0) is 13.8. The van der Waals surface area contributed by atoms with Crippen molar-refractivity contribution in [2.75, 3.05) is 13.6 Å². The summed E-state index contributed by atoms with van der Waals surface area (Å²) in [5.41, 5.74) is 8.46. The molecule has 0 fully saturated rings. The first-order valence-corrected chi connectivity index (χ1v) is 7.72. The molecule has 104 valence electrons. The average Bonchev–Trinajstić information content (AvgIpc) is 2.31. The SMILES string of the molecule is Cc1c(C(C)(C)C)cc2c3c1CCCC3CN(C)C2. The lowest BCUT2D eigenvalue weighted by molar-refractivity contribution is 0.266. The Morgan fingerprint density at radius 2 is 2.00 bits per heavy atom. The topological polar surface area (TPSA) is 3.24 Å². The summed E-state index contributed by atoms with van der Waals surface area (Å²) in [6.07, 6.45) is 4.07. The minimum Gasteiger partial charge on any atom is -0.301 e. The van der Waals surface area contributed by atoms with Crippen molar-refractivity contribution in [3.05, 3.63) is 33.9 Å². The van der Waals surface area contributed by atoms with Gasteiger partial charge < -0.3 is 4.90 Å². The second-order valence-corrected chi connectivity index (χ2v) is 7.64. The van der Waals surface area contributed by atoms with E-state index in [1.165, 1.54) is 25.8 Å². The van der Waals surface area contributed by atoms with E-state index in [4.69, 9.17) is 0 Å². The fourth-order valence-corrected chi connectivity index (χ4v) is 4.24. The van der Waals surface area contributed by atoms with Crippen LogP contribution >= 0.6 is 0 Å². The first kappa shape index (κ1) is 13.2. The van der Waals surface area contributed by atoms with Gasteiger partial charge in [0.1, 0.15) is 0 Å². The second kappa shape index (κ2) is 4.34. The molecule has 0 saturated heterocycles. The third-order valence-electron chi connectivity index (χ3n) is 5.01. The molecule has 3 rings (SSSR count). The lowest BCUT2D eigenvalue weighted by Crippen LogP contribution is -2.34. The molecule has 1 aliphatic heterocycles. The molecule has 0 aromatic heterocycles. The third kappa shape index (κ3) is 2.12. The Morgan fingerprint density at radius 1 is 1.26 bits per heavy atom. The van der Waals surface area contributed by atoms with E-state index in [-0.39, 0.29) is 5.41 Å². The van der Waals surface area contributed by atoms with E-state index < -0.39 is 0 Å². The van der Waals surface area contributed by atoms with Gasteiger partial charge in [-0.2, -0.15) is 0 Å². The van der Waals surface area contributed by atoms with Gasteiger partial charge in [0.2, 0.25) is 0 Å². The Morgan fingerprint density at radius 3 is 2.68 bits per heavy atom. The van der Waals surface area contributed by atoms with Gasteiger partial charge in [-0.3, -0.25) is 0 Å². The zero-order valence-electron chi connectivity index (χ0n) is 13.1. The van der Waals surface area contributed by atoms with Crippen LogP contribution < -0.4 is 0 Å². The van der Waals surface area contributed by atoms with Crippen molar-refractivity contribution in [1.82, 2.24) is 4.90 Å². The van der Waals surface area contributed by atoms with Crippen molar-refractivity contribution in [2.24, 2.45) is 0 Å². The van der Waals surface area contributed by atoms with Gasteiger partial charge in [0.15, 0.2) is 0 Å². The fourth-order valence-electron chi connectivity index (χ4n) is 4.24. The Bertz CT molecular complexity index is 507. The molecule has 1 aromatic rings. The smallest absolute Gasteiger partial charge is 0.0233 e. The zero-order valence-corrected chi connectivity index (χ0v) is 13.1. The highest BCUT2D eigenvalue weighted by Crippen LogP contribution is 2.42. The quantitative estimate of drug-likeness (QED) is 0.674. The van der Waals surface area contributed by atoms with E-state index in [1.807, 2.05) is 0 Å². The van der Waals surface area contributed by atoms with Crippen LogP contribution in [-0.4, -0.2) is 18.5 Å². The van der Waals surface area contributed by atoms with E-state index in [0.717, 1.165) is 12.5 Å². The van der Waals surface area contributed by atoms with Gasteiger partial charge >= 0.3 is 0 Å². The van der Waals surface area contributed by atoms with Gasteiger partial charge in [0, 0.05) is 13.1 Å². The third-order valence-corrected chi connectivity index (χ3v) is 5.01. The van der Waals surface area contributed by atoms with Crippen LogP contribution in [0.2, 0.25) is 0 Å². The van der Waals surface area contributed by atoms with Crippen LogP contribution in [-0.2, 0) is 18.4 Å². The summed E-state index contributed by atoms with van der Waals surface area (Å²) in [6.45, 7) is 11.8. The highest BCUT2D eigenvalue weighted by Gasteiger charge is 2.32. The molecule has 1 nitrogen and oxygen atoms in total. The lowest BCUT2D eigenvalue weighted by Gasteiger charge is -2.39. The molecule has 1 aliphatic carbocycles. The highest BCUT2D eigenvalue weighted by molar-refractivity contribution is 5.51. The molecule has 1 heterocycles. The summed E-state index contributed by atoms with van der Waals surface area (Å²) in [6, 6.07) is 2.52. The number of nitrogens with zero attached hydrogens (tertiary/aromatic N) is 1. The Hall–Kier alpha value is -0.820. The molecular weight excluding hydrogens is 230 g/mol. The summed E-state index contributed by atoms with van der Waals surface area (Å²) >= 11 is 0. The van der Waals surface area contributed by atoms with Gasteiger partial charge in [0.25, 0.3) is 0 Å². The summed E-state index contributed by atoms with van der Waals surface area (Å²) in [7, 11) is 2.27. The molecule has 0 radical (unpaired) electrons. The van der Waals surface area contributed by atoms with E-state index in [1.54, 1.807) is 27.8 Å². The van der Waals surface area contributed by atoms with Crippen LogP contribution in [0, 0.1) is 6.92 Å². The fraction of sp³-hybridized carbons (Fsp3) is 0.667. The van der Waals surface area contributed by atoms with Crippen molar-refractivity contribution in [3.8, 4) is 0 Å². The first-order chi connectivity index (χ1) is 8.88. The molecule has 1 unspecified atom stereocenters. The molecule has 1 atom stereocenters. The number of rotatable bonds is 0. The van der Waals surface area contributed by atoms with Crippen molar-refractivity contribution < 1.29 is 0 Å².